The van der Waals surface area contributed by atoms with Gasteiger partial charge in [-0.15, -0.1) is 6.58 Å². The minimum atomic E-state index is 0.804. The summed E-state index contributed by atoms with van der Waals surface area (Å²) < 4.78 is 1.92. The van der Waals surface area contributed by atoms with Gasteiger partial charge in [0.2, 0.25) is 0 Å². The average Bonchev–Trinajstić information content (AvgIpc) is 2.06. The van der Waals surface area contributed by atoms with Crippen LogP contribution in [0.4, 0.5) is 0 Å². The summed E-state index contributed by atoms with van der Waals surface area (Å²) in [6.07, 6.45) is 1.84. The molecule has 2 heteroatoms. The van der Waals surface area contributed by atoms with Crippen molar-refractivity contribution in [2.24, 2.45) is 0 Å². The second kappa shape index (κ2) is 5.01. The first-order chi connectivity index (χ1) is 5.83. The number of nitrogens with zero attached hydrogens (tertiary/aromatic N) is 1. The molecule has 0 heterocycles. The van der Waals surface area contributed by atoms with E-state index in [0.717, 1.165) is 13.1 Å². The number of benzene rings is 1. The maximum Gasteiger partial charge on any atom is 0.0341 e. The maximum atomic E-state index is 4.28. The maximum absolute atomic E-state index is 4.28. The number of rotatable bonds is 4. The Balaban J connectivity index is 2.46. The molecule has 12 heavy (non-hydrogen) atoms. The molecule has 0 unspecified atom stereocenters. The van der Waals surface area contributed by atoms with Crippen molar-refractivity contribution in [1.82, 2.24) is 4.31 Å². The standard InChI is InChI=1S/C10H13NS/c1-2-8-11(12)9-10-6-4-3-5-7-10/h2-7,12H,1,8-9H2. The monoisotopic (exact) mass is 179 g/mol. The summed E-state index contributed by atoms with van der Waals surface area (Å²) in [5.41, 5.74) is 1.27. The smallest absolute Gasteiger partial charge is 0.0341 e. The van der Waals surface area contributed by atoms with Crippen LogP contribution in [0.25, 0.3) is 0 Å². The molecular formula is C10H13NS. The predicted octanol–water partition coefficient (Wildman–Crippen LogP) is 2.52. The Bertz CT molecular complexity index is 233. The van der Waals surface area contributed by atoms with Crippen molar-refractivity contribution >= 4 is 12.8 Å². The van der Waals surface area contributed by atoms with E-state index in [0.29, 0.717) is 0 Å². The van der Waals surface area contributed by atoms with Gasteiger partial charge < -0.3 is 0 Å². The first-order valence-electron chi connectivity index (χ1n) is 3.91. The highest BCUT2D eigenvalue weighted by atomic mass is 32.1. The Morgan fingerprint density at radius 2 is 2.00 bits per heavy atom. The highest BCUT2D eigenvalue weighted by Crippen LogP contribution is 2.05. The third-order valence-corrected chi connectivity index (χ3v) is 1.85. The molecule has 0 aliphatic rings. The first-order valence-corrected chi connectivity index (χ1v) is 4.31. The molecule has 0 aliphatic carbocycles. The zero-order valence-electron chi connectivity index (χ0n) is 6.98. The molecule has 0 spiro atoms. The summed E-state index contributed by atoms with van der Waals surface area (Å²) >= 11 is 4.28. The van der Waals surface area contributed by atoms with Crippen molar-refractivity contribution in [2.75, 3.05) is 6.54 Å². The molecule has 64 valence electrons. The summed E-state index contributed by atoms with van der Waals surface area (Å²) in [5, 5.41) is 0. The van der Waals surface area contributed by atoms with Gasteiger partial charge in [-0.05, 0) is 5.56 Å². The number of thiol groups is 1. The molecule has 0 aliphatic heterocycles. The molecule has 0 amide bonds. The molecule has 0 fully saturated rings. The van der Waals surface area contributed by atoms with Crippen molar-refractivity contribution in [3.05, 3.63) is 48.6 Å². The molecule has 0 radical (unpaired) electrons. The second-order valence-electron chi connectivity index (χ2n) is 2.62. The molecule has 0 N–H and O–H groups in total. The minimum absolute atomic E-state index is 0.804. The van der Waals surface area contributed by atoms with Gasteiger partial charge in [-0.3, -0.25) is 0 Å². The Morgan fingerprint density at radius 1 is 1.33 bits per heavy atom. The Kier molecular flexibility index (Phi) is 3.91. The number of hydrogen-bond donors (Lipinski definition) is 1. The molecule has 0 bridgehead atoms. The van der Waals surface area contributed by atoms with E-state index < -0.39 is 0 Å². The van der Waals surface area contributed by atoms with Gasteiger partial charge in [0.1, 0.15) is 0 Å². The molecule has 1 rings (SSSR count). The van der Waals surface area contributed by atoms with E-state index in [9.17, 15) is 0 Å². The summed E-state index contributed by atoms with van der Waals surface area (Å²) in [6, 6.07) is 10.3. The lowest BCUT2D eigenvalue weighted by atomic mass is 10.2. The normalized spacial score (nSPS) is 10.2. The van der Waals surface area contributed by atoms with Crippen molar-refractivity contribution < 1.29 is 0 Å². The topological polar surface area (TPSA) is 3.24 Å². The van der Waals surface area contributed by atoms with Crippen LogP contribution in [0.15, 0.2) is 43.0 Å². The fraction of sp³-hybridized carbons (Fsp3) is 0.200. The van der Waals surface area contributed by atoms with Gasteiger partial charge in [-0.2, -0.15) is 0 Å². The Labute approximate surface area is 79.3 Å². The number of hydrogen-bond acceptors (Lipinski definition) is 2. The third-order valence-electron chi connectivity index (χ3n) is 1.55. The van der Waals surface area contributed by atoms with Crippen LogP contribution in [0.5, 0.6) is 0 Å². The van der Waals surface area contributed by atoms with E-state index in [1.165, 1.54) is 5.56 Å². The van der Waals surface area contributed by atoms with Crippen LogP contribution >= 0.6 is 12.8 Å². The van der Waals surface area contributed by atoms with E-state index in [1.807, 2.05) is 28.6 Å². The zero-order valence-corrected chi connectivity index (χ0v) is 7.87. The van der Waals surface area contributed by atoms with Crippen molar-refractivity contribution in [1.29, 1.82) is 0 Å². The lowest BCUT2D eigenvalue weighted by Crippen LogP contribution is -2.10. The Hall–Kier alpha value is -0.730. The van der Waals surface area contributed by atoms with Gasteiger partial charge in [0.05, 0.1) is 0 Å². The van der Waals surface area contributed by atoms with Crippen LogP contribution in [0.3, 0.4) is 0 Å². The molecule has 0 atom stereocenters. The van der Waals surface area contributed by atoms with E-state index in [-0.39, 0.29) is 0 Å². The van der Waals surface area contributed by atoms with Crippen LogP contribution in [-0.2, 0) is 6.54 Å². The van der Waals surface area contributed by atoms with Gasteiger partial charge in [0.25, 0.3) is 0 Å². The van der Waals surface area contributed by atoms with Crippen molar-refractivity contribution in [3.63, 3.8) is 0 Å². The molecule has 1 aromatic rings. The Morgan fingerprint density at radius 3 is 2.58 bits per heavy atom. The second-order valence-corrected chi connectivity index (χ2v) is 3.19. The summed E-state index contributed by atoms with van der Waals surface area (Å²) in [4.78, 5) is 0. The summed E-state index contributed by atoms with van der Waals surface area (Å²) in [5.74, 6) is 0. The fourth-order valence-corrected chi connectivity index (χ4v) is 1.29. The van der Waals surface area contributed by atoms with Crippen LogP contribution in [0.2, 0.25) is 0 Å². The summed E-state index contributed by atoms with van der Waals surface area (Å²) in [6.45, 7) is 5.31. The molecule has 0 saturated heterocycles. The SMILES string of the molecule is C=CCN(S)Cc1ccccc1. The lowest BCUT2D eigenvalue weighted by Gasteiger charge is -2.11. The van der Waals surface area contributed by atoms with Crippen LogP contribution in [-0.4, -0.2) is 10.8 Å². The molecule has 1 nitrogen and oxygen atoms in total. The van der Waals surface area contributed by atoms with Gasteiger partial charge in [-0.25, -0.2) is 4.31 Å². The highest BCUT2D eigenvalue weighted by molar-refractivity contribution is 7.77. The van der Waals surface area contributed by atoms with E-state index >= 15 is 0 Å². The van der Waals surface area contributed by atoms with Gasteiger partial charge >= 0.3 is 0 Å². The van der Waals surface area contributed by atoms with Crippen LogP contribution < -0.4 is 0 Å². The van der Waals surface area contributed by atoms with E-state index in [4.69, 9.17) is 0 Å². The van der Waals surface area contributed by atoms with Gasteiger partial charge in [0.15, 0.2) is 0 Å². The highest BCUT2D eigenvalue weighted by Gasteiger charge is 1.96. The predicted molar refractivity (Wildman–Crippen MR) is 56.0 cm³/mol. The molecule has 0 saturated carbocycles. The minimum Gasteiger partial charge on any atom is -0.245 e. The van der Waals surface area contributed by atoms with Crippen LogP contribution in [0.1, 0.15) is 5.56 Å². The summed E-state index contributed by atoms with van der Waals surface area (Å²) in [7, 11) is 0. The first kappa shape index (κ1) is 9.36. The van der Waals surface area contributed by atoms with Gasteiger partial charge in [0, 0.05) is 13.1 Å². The quantitative estimate of drug-likeness (QED) is 0.549. The molecular weight excluding hydrogens is 166 g/mol. The van der Waals surface area contributed by atoms with Gasteiger partial charge in [-0.1, -0.05) is 49.2 Å². The average molecular weight is 179 g/mol. The lowest BCUT2D eigenvalue weighted by molar-refractivity contribution is 0.524. The fourth-order valence-electron chi connectivity index (χ4n) is 1.01. The largest absolute Gasteiger partial charge is 0.245 e. The molecule has 1 aromatic carbocycles. The van der Waals surface area contributed by atoms with E-state index in [1.54, 1.807) is 0 Å². The van der Waals surface area contributed by atoms with E-state index in [2.05, 4.69) is 31.5 Å². The van der Waals surface area contributed by atoms with Crippen molar-refractivity contribution in [2.45, 2.75) is 6.54 Å². The molecule has 0 aromatic heterocycles. The van der Waals surface area contributed by atoms with Crippen molar-refractivity contribution in [3.8, 4) is 0 Å². The zero-order chi connectivity index (χ0) is 8.81. The van der Waals surface area contributed by atoms with Crippen LogP contribution in [0, 0.1) is 0 Å². The third kappa shape index (κ3) is 3.11.